The Kier molecular flexibility index (Phi) is 4.67. The molecule has 0 aliphatic carbocycles. The number of benzene rings is 1. The van der Waals surface area contributed by atoms with E-state index in [1.54, 1.807) is 12.4 Å². The van der Waals surface area contributed by atoms with Gasteiger partial charge in [0.05, 0.1) is 30.6 Å². The molecule has 0 saturated heterocycles. The average Bonchev–Trinajstić information content (AvgIpc) is 3.33. The second kappa shape index (κ2) is 7.43. The average molecular weight is 361 g/mol. The van der Waals surface area contributed by atoms with Gasteiger partial charge in [-0.3, -0.25) is 4.68 Å². The van der Waals surface area contributed by atoms with E-state index in [0.29, 0.717) is 24.5 Å². The molecule has 0 atom stereocenters. The quantitative estimate of drug-likeness (QED) is 0.547. The minimum atomic E-state index is 0.00329. The Bertz CT molecular complexity index is 1040. The fraction of sp³-hybridized carbons (Fsp3) is 0.150. The number of anilines is 1. The van der Waals surface area contributed by atoms with E-state index in [2.05, 4.69) is 39.5 Å². The lowest BCUT2D eigenvalue weighted by Gasteiger charge is -2.03. The van der Waals surface area contributed by atoms with Crippen LogP contribution >= 0.6 is 0 Å². The van der Waals surface area contributed by atoms with E-state index in [-0.39, 0.29) is 6.61 Å². The Hall–Kier alpha value is -3.45. The first-order valence-corrected chi connectivity index (χ1v) is 8.58. The van der Waals surface area contributed by atoms with Gasteiger partial charge in [0.1, 0.15) is 5.82 Å². The van der Waals surface area contributed by atoms with Crippen LogP contribution in [0.15, 0.2) is 65.6 Å². The first-order valence-electron chi connectivity index (χ1n) is 8.58. The molecule has 0 amide bonds. The molecule has 0 aliphatic rings. The SMILES string of the molecule is Nc1ncccc1-c1cc(Cc2ccc(Cn3cc(CO)cn3)cc2)no1. The molecule has 27 heavy (non-hydrogen) atoms. The third kappa shape index (κ3) is 3.88. The number of rotatable bonds is 6. The summed E-state index contributed by atoms with van der Waals surface area (Å²) in [6.07, 6.45) is 5.83. The number of aliphatic hydroxyl groups is 1. The standard InChI is InChI=1S/C20H19N5O2/c21-20-18(2-1-7-22-20)19-9-17(24-27-19)8-14-3-5-15(6-4-14)11-25-12-16(13-26)10-23-25/h1-7,9-10,12,26H,8,11,13H2,(H2,21,22). The Morgan fingerprint density at radius 1 is 1.07 bits per heavy atom. The van der Waals surface area contributed by atoms with E-state index < -0.39 is 0 Å². The monoisotopic (exact) mass is 361 g/mol. The molecular formula is C20H19N5O2. The van der Waals surface area contributed by atoms with Gasteiger partial charge in [0, 0.05) is 30.4 Å². The van der Waals surface area contributed by atoms with Crippen LogP contribution in [0.5, 0.6) is 0 Å². The van der Waals surface area contributed by atoms with Crippen LogP contribution in [-0.2, 0) is 19.6 Å². The van der Waals surface area contributed by atoms with E-state index in [1.165, 1.54) is 0 Å². The Morgan fingerprint density at radius 3 is 2.63 bits per heavy atom. The van der Waals surface area contributed by atoms with Gasteiger partial charge in [-0.15, -0.1) is 0 Å². The molecule has 0 fully saturated rings. The summed E-state index contributed by atoms with van der Waals surface area (Å²) in [5.41, 5.74) is 10.5. The maximum atomic E-state index is 9.11. The highest BCUT2D eigenvalue weighted by Crippen LogP contribution is 2.25. The molecule has 1 aromatic carbocycles. The van der Waals surface area contributed by atoms with Crippen molar-refractivity contribution in [3.8, 4) is 11.3 Å². The summed E-state index contributed by atoms with van der Waals surface area (Å²) in [6.45, 7) is 0.665. The predicted molar refractivity (Wildman–Crippen MR) is 101 cm³/mol. The molecule has 7 heteroatoms. The molecule has 4 rings (SSSR count). The highest BCUT2D eigenvalue weighted by molar-refractivity contribution is 5.69. The third-order valence-corrected chi connectivity index (χ3v) is 4.29. The summed E-state index contributed by atoms with van der Waals surface area (Å²) >= 11 is 0. The summed E-state index contributed by atoms with van der Waals surface area (Å²) in [7, 11) is 0. The molecule has 0 aliphatic heterocycles. The van der Waals surface area contributed by atoms with Crippen LogP contribution in [0.1, 0.15) is 22.4 Å². The van der Waals surface area contributed by atoms with E-state index in [9.17, 15) is 0 Å². The van der Waals surface area contributed by atoms with E-state index in [0.717, 1.165) is 27.9 Å². The number of nitrogen functional groups attached to an aromatic ring is 1. The number of aliphatic hydroxyl groups excluding tert-OH is 1. The molecule has 0 unspecified atom stereocenters. The van der Waals surface area contributed by atoms with Crippen LogP contribution in [0.25, 0.3) is 11.3 Å². The Labute approximate surface area is 156 Å². The van der Waals surface area contributed by atoms with Crippen LogP contribution < -0.4 is 5.73 Å². The molecule has 0 spiro atoms. The highest BCUT2D eigenvalue weighted by Gasteiger charge is 2.10. The van der Waals surface area contributed by atoms with Gasteiger partial charge < -0.3 is 15.4 Å². The number of pyridine rings is 1. The molecular weight excluding hydrogens is 342 g/mol. The van der Waals surface area contributed by atoms with Crippen LogP contribution in [0.2, 0.25) is 0 Å². The fourth-order valence-electron chi connectivity index (χ4n) is 2.88. The van der Waals surface area contributed by atoms with Gasteiger partial charge in [-0.1, -0.05) is 29.4 Å². The second-order valence-corrected chi connectivity index (χ2v) is 6.32. The maximum absolute atomic E-state index is 9.11. The Morgan fingerprint density at radius 2 is 1.89 bits per heavy atom. The minimum Gasteiger partial charge on any atom is -0.392 e. The maximum Gasteiger partial charge on any atom is 0.170 e. The number of hydrogen-bond acceptors (Lipinski definition) is 6. The van der Waals surface area contributed by atoms with Crippen molar-refractivity contribution in [3.05, 3.63) is 83.4 Å². The molecule has 0 radical (unpaired) electrons. The smallest absolute Gasteiger partial charge is 0.170 e. The van der Waals surface area contributed by atoms with Crippen molar-refractivity contribution in [1.82, 2.24) is 19.9 Å². The van der Waals surface area contributed by atoms with Crippen molar-refractivity contribution in [2.75, 3.05) is 5.73 Å². The zero-order valence-corrected chi connectivity index (χ0v) is 14.6. The number of nitrogens with two attached hydrogens (primary N) is 1. The normalized spacial score (nSPS) is 11.0. The summed E-state index contributed by atoms with van der Waals surface area (Å²) < 4.78 is 7.23. The van der Waals surface area contributed by atoms with Gasteiger partial charge in [-0.25, -0.2) is 4.98 Å². The molecule has 3 heterocycles. The van der Waals surface area contributed by atoms with Crippen molar-refractivity contribution >= 4 is 5.82 Å². The third-order valence-electron chi connectivity index (χ3n) is 4.29. The first kappa shape index (κ1) is 17.0. The highest BCUT2D eigenvalue weighted by atomic mass is 16.5. The van der Waals surface area contributed by atoms with Gasteiger partial charge in [-0.2, -0.15) is 5.10 Å². The summed E-state index contributed by atoms with van der Waals surface area (Å²) in [5, 5.41) is 17.5. The zero-order valence-electron chi connectivity index (χ0n) is 14.6. The van der Waals surface area contributed by atoms with Crippen molar-refractivity contribution < 1.29 is 9.63 Å². The lowest BCUT2D eigenvalue weighted by Crippen LogP contribution is -2.00. The minimum absolute atomic E-state index is 0.00329. The lowest BCUT2D eigenvalue weighted by molar-refractivity contribution is 0.281. The first-order chi connectivity index (χ1) is 13.2. The lowest BCUT2D eigenvalue weighted by atomic mass is 10.1. The van der Waals surface area contributed by atoms with Gasteiger partial charge in [0.15, 0.2) is 5.76 Å². The topological polar surface area (TPSA) is 103 Å². The molecule has 136 valence electrons. The van der Waals surface area contributed by atoms with E-state index >= 15 is 0 Å². The van der Waals surface area contributed by atoms with Gasteiger partial charge in [0.2, 0.25) is 0 Å². The molecule has 3 aromatic heterocycles. The summed E-state index contributed by atoms with van der Waals surface area (Å²) in [6, 6.07) is 13.8. The Balaban J connectivity index is 1.43. The van der Waals surface area contributed by atoms with Crippen molar-refractivity contribution in [3.63, 3.8) is 0 Å². The molecule has 3 N–H and O–H groups in total. The van der Waals surface area contributed by atoms with Crippen molar-refractivity contribution in [2.45, 2.75) is 19.6 Å². The van der Waals surface area contributed by atoms with Crippen molar-refractivity contribution in [2.24, 2.45) is 0 Å². The van der Waals surface area contributed by atoms with Gasteiger partial charge >= 0.3 is 0 Å². The molecule has 4 aromatic rings. The summed E-state index contributed by atoms with van der Waals surface area (Å²) in [4.78, 5) is 4.07. The van der Waals surface area contributed by atoms with Gasteiger partial charge in [-0.05, 0) is 23.3 Å². The molecule has 7 nitrogen and oxygen atoms in total. The summed E-state index contributed by atoms with van der Waals surface area (Å²) in [5.74, 6) is 1.04. The zero-order chi connectivity index (χ0) is 18.6. The number of aromatic nitrogens is 4. The predicted octanol–water partition coefficient (Wildman–Crippen LogP) is 2.65. The number of hydrogen-bond donors (Lipinski definition) is 2. The van der Waals surface area contributed by atoms with Crippen LogP contribution in [0.4, 0.5) is 5.82 Å². The molecule has 0 saturated carbocycles. The largest absolute Gasteiger partial charge is 0.392 e. The van der Waals surface area contributed by atoms with Crippen LogP contribution in [0, 0.1) is 0 Å². The van der Waals surface area contributed by atoms with Crippen molar-refractivity contribution in [1.29, 1.82) is 0 Å². The fourth-order valence-corrected chi connectivity index (χ4v) is 2.88. The number of nitrogens with zero attached hydrogens (tertiary/aromatic N) is 4. The van der Waals surface area contributed by atoms with E-state index in [1.807, 2.05) is 29.1 Å². The van der Waals surface area contributed by atoms with Crippen LogP contribution in [0.3, 0.4) is 0 Å². The second-order valence-electron chi connectivity index (χ2n) is 6.32. The van der Waals surface area contributed by atoms with Gasteiger partial charge in [0.25, 0.3) is 0 Å². The molecule has 0 bridgehead atoms. The van der Waals surface area contributed by atoms with Crippen LogP contribution in [-0.4, -0.2) is 25.0 Å². The van der Waals surface area contributed by atoms with E-state index in [4.69, 9.17) is 15.4 Å².